The maximum Gasteiger partial charge on any atom is 0.269 e. The summed E-state index contributed by atoms with van der Waals surface area (Å²) in [6.45, 7) is 3.82. The monoisotopic (exact) mass is 374 g/mol. The second kappa shape index (κ2) is 8.34. The molecular weight excluding hydrogens is 363 g/mol. The second-order valence-corrected chi connectivity index (χ2v) is 5.70. The Bertz CT molecular complexity index is 861. The molecule has 2 rings (SSSR count). The molecule has 2 aromatic carbocycles. The second-order valence-electron chi connectivity index (χ2n) is 4.89. The molecule has 5 nitrogen and oxygen atoms in total. The summed E-state index contributed by atoms with van der Waals surface area (Å²) in [6, 6.07) is 11.0. The zero-order valence-electron chi connectivity index (χ0n) is 12.9. The number of ether oxygens (including phenoxy) is 1. The van der Waals surface area contributed by atoms with Gasteiger partial charge < -0.3 is 4.74 Å². The number of nitro groups is 1. The van der Waals surface area contributed by atoms with Gasteiger partial charge in [-0.15, -0.1) is 0 Å². The summed E-state index contributed by atoms with van der Waals surface area (Å²) < 4.78 is 5.39. The van der Waals surface area contributed by atoms with Crippen molar-refractivity contribution in [3.63, 3.8) is 0 Å². The first-order valence-electron chi connectivity index (χ1n) is 7.05. The summed E-state index contributed by atoms with van der Waals surface area (Å²) in [5.74, 6) is 0.342. The molecule has 0 bridgehead atoms. The van der Waals surface area contributed by atoms with E-state index in [1.807, 2.05) is 0 Å². The Morgan fingerprint density at radius 2 is 1.88 bits per heavy atom. The van der Waals surface area contributed by atoms with Gasteiger partial charge in [0.2, 0.25) is 0 Å². The molecule has 0 fully saturated rings. The van der Waals surface area contributed by atoms with E-state index < -0.39 is 4.92 Å². The molecule has 0 aromatic heterocycles. The van der Waals surface area contributed by atoms with E-state index in [0.29, 0.717) is 32.5 Å². The standard InChI is InChI=1S/C18H12Cl2N2O3/c1-2-7-25-18-16(19)9-12(10-17(18)20)8-14(11-21)13-3-5-15(6-4-13)22(23)24/h2-6,8-10H,1,7H2/b14-8+. The molecule has 0 unspecified atom stereocenters. The lowest BCUT2D eigenvalue weighted by atomic mass is 10.0. The molecule has 0 atom stereocenters. The molecule has 0 amide bonds. The average Bonchev–Trinajstić information content (AvgIpc) is 2.59. The van der Waals surface area contributed by atoms with Crippen molar-refractivity contribution >= 4 is 40.5 Å². The van der Waals surface area contributed by atoms with Gasteiger partial charge in [-0.1, -0.05) is 35.9 Å². The molecule has 0 aliphatic carbocycles. The summed E-state index contributed by atoms with van der Waals surface area (Å²) >= 11 is 12.3. The fourth-order valence-electron chi connectivity index (χ4n) is 2.05. The van der Waals surface area contributed by atoms with Crippen LogP contribution < -0.4 is 4.74 Å². The fourth-order valence-corrected chi connectivity index (χ4v) is 2.67. The van der Waals surface area contributed by atoms with Crippen molar-refractivity contribution in [2.24, 2.45) is 0 Å². The zero-order valence-corrected chi connectivity index (χ0v) is 14.4. The van der Waals surface area contributed by atoms with E-state index in [-0.39, 0.29) is 12.3 Å². The molecule has 0 saturated heterocycles. The first-order valence-corrected chi connectivity index (χ1v) is 7.81. The van der Waals surface area contributed by atoms with Crippen LogP contribution in [-0.2, 0) is 0 Å². The number of allylic oxidation sites excluding steroid dienone is 1. The van der Waals surface area contributed by atoms with Gasteiger partial charge in [0.25, 0.3) is 5.69 Å². The minimum Gasteiger partial charge on any atom is -0.486 e. The molecule has 0 aliphatic heterocycles. The summed E-state index contributed by atoms with van der Waals surface area (Å²) in [5.41, 5.74) is 1.43. The van der Waals surface area contributed by atoms with Crippen molar-refractivity contribution < 1.29 is 9.66 Å². The summed E-state index contributed by atoms with van der Waals surface area (Å²) in [4.78, 5) is 10.2. The number of nitriles is 1. The van der Waals surface area contributed by atoms with Crippen LogP contribution in [0.25, 0.3) is 11.6 Å². The highest BCUT2D eigenvalue weighted by atomic mass is 35.5. The van der Waals surface area contributed by atoms with E-state index in [2.05, 4.69) is 12.6 Å². The fraction of sp³-hybridized carbons (Fsp3) is 0.0556. The predicted octanol–water partition coefficient (Wildman–Crippen LogP) is 5.53. The SMILES string of the molecule is C=CCOc1c(Cl)cc(/C=C(\C#N)c2ccc([N+](=O)[O-])cc2)cc1Cl. The van der Waals surface area contributed by atoms with E-state index in [9.17, 15) is 15.4 Å². The number of hydrogen-bond acceptors (Lipinski definition) is 4. The minimum absolute atomic E-state index is 0.0455. The maximum absolute atomic E-state index is 10.7. The quantitative estimate of drug-likeness (QED) is 0.219. The molecule has 0 aliphatic rings. The van der Waals surface area contributed by atoms with Crippen LogP contribution in [0.5, 0.6) is 5.75 Å². The Kier molecular flexibility index (Phi) is 6.18. The highest BCUT2D eigenvalue weighted by molar-refractivity contribution is 6.37. The molecular formula is C18H12Cl2N2O3. The molecule has 7 heteroatoms. The van der Waals surface area contributed by atoms with Crippen LogP contribution in [0.15, 0.2) is 49.1 Å². The summed E-state index contributed by atoms with van der Waals surface area (Å²) in [5, 5.41) is 20.7. The van der Waals surface area contributed by atoms with E-state index in [1.165, 1.54) is 24.3 Å². The van der Waals surface area contributed by atoms with Gasteiger partial charge in [-0.05, 0) is 41.5 Å². The van der Waals surface area contributed by atoms with Crippen molar-refractivity contribution in [3.05, 3.63) is 80.3 Å². The van der Waals surface area contributed by atoms with Gasteiger partial charge in [0.1, 0.15) is 6.61 Å². The van der Waals surface area contributed by atoms with Gasteiger partial charge in [-0.25, -0.2) is 0 Å². The summed E-state index contributed by atoms with van der Waals surface area (Å²) in [6.07, 6.45) is 3.17. The Hall–Kier alpha value is -2.81. The lowest BCUT2D eigenvalue weighted by molar-refractivity contribution is -0.384. The van der Waals surface area contributed by atoms with Gasteiger partial charge in [0.15, 0.2) is 5.75 Å². The molecule has 0 N–H and O–H groups in total. The van der Waals surface area contributed by atoms with Crippen LogP contribution in [0, 0.1) is 21.4 Å². The van der Waals surface area contributed by atoms with Crippen LogP contribution in [0.1, 0.15) is 11.1 Å². The number of benzene rings is 2. The number of nitro benzene ring substituents is 1. The smallest absolute Gasteiger partial charge is 0.269 e. The minimum atomic E-state index is -0.499. The van der Waals surface area contributed by atoms with Crippen LogP contribution in [-0.4, -0.2) is 11.5 Å². The molecule has 0 radical (unpaired) electrons. The van der Waals surface area contributed by atoms with Gasteiger partial charge in [-0.3, -0.25) is 10.1 Å². The Morgan fingerprint density at radius 3 is 2.36 bits per heavy atom. The van der Waals surface area contributed by atoms with Gasteiger partial charge in [-0.2, -0.15) is 5.26 Å². The molecule has 25 heavy (non-hydrogen) atoms. The highest BCUT2D eigenvalue weighted by Gasteiger charge is 2.11. The van der Waals surface area contributed by atoms with Crippen molar-refractivity contribution in [2.45, 2.75) is 0 Å². The van der Waals surface area contributed by atoms with Crippen molar-refractivity contribution in [3.8, 4) is 11.8 Å². The third kappa shape index (κ3) is 4.60. The van der Waals surface area contributed by atoms with E-state index in [4.69, 9.17) is 27.9 Å². The first kappa shape index (κ1) is 18.5. The van der Waals surface area contributed by atoms with Gasteiger partial charge >= 0.3 is 0 Å². The largest absolute Gasteiger partial charge is 0.486 e. The Morgan fingerprint density at radius 1 is 1.28 bits per heavy atom. The molecule has 2 aromatic rings. The van der Waals surface area contributed by atoms with Crippen LogP contribution >= 0.6 is 23.2 Å². The van der Waals surface area contributed by atoms with Crippen LogP contribution in [0.4, 0.5) is 5.69 Å². The van der Waals surface area contributed by atoms with Gasteiger partial charge in [0, 0.05) is 12.1 Å². The third-order valence-electron chi connectivity index (χ3n) is 3.19. The highest BCUT2D eigenvalue weighted by Crippen LogP contribution is 2.35. The molecule has 126 valence electrons. The first-order chi connectivity index (χ1) is 12.0. The average molecular weight is 375 g/mol. The normalized spacial score (nSPS) is 10.8. The third-order valence-corrected chi connectivity index (χ3v) is 3.75. The van der Waals surface area contributed by atoms with Crippen molar-refractivity contribution in [1.82, 2.24) is 0 Å². The molecule has 0 heterocycles. The van der Waals surface area contributed by atoms with E-state index in [1.54, 1.807) is 24.3 Å². The topological polar surface area (TPSA) is 76.2 Å². The number of non-ortho nitro benzene ring substituents is 1. The molecule has 0 saturated carbocycles. The lowest BCUT2D eigenvalue weighted by Crippen LogP contribution is -1.95. The number of hydrogen-bond donors (Lipinski definition) is 0. The van der Waals surface area contributed by atoms with Crippen molar-refractivity contribution in [2.75, 3.05) is 6.61 Å². The van der Waals surface area contributed by atoms with E-state index in [0.717, 1.165) is 0 Å². The number of halogens is 2. The predicted molar refractivity (Wildman–Crippen MR) is 98.7 cm³/mol. The number of nitrogens with zero attached hydrogens (tertiary/aromatic N) is 2. The zero-order chi connectivity index (χ0) is 18.4. The van der Waals surface area contributed by atoms with E-state index >= 15 is 0 Å². The van der Waals surface area contributed by atoms with Gasteiger partial charge in [0.05, 0.1) is 26.6 Å². The van der Waals surface area contributed by atoms with Crippen molar-refractivity contribution in [1.29, 1.82) is 5.26 Å². The maximum atomic E-state index is 10.7. The Labute approximate surface area is 154 Å². The summed E-state index contributed by atoms with van der Waals surface area (Å²) in [7, 11) is 0. The number of rotatable bonds is 6. The van der Waals surface area contributed by atoms with Crippen LogP contribution in [0.2, 0.25) is 10.0 Å². The molecule has 0 spiro atoms. The van der Waals surface area contributed by atoms with Crippen LogP contribution in [0.3, 0.4) is 0 Å². The lowest BCUT2D eigenvalue weighted by Gasteiger charge is -2.09. The Balaban J connectivity index is 2.38.